The Morgan fingerprint density at radius 3 is 2.47 bits per heavy atom. The van der Waals surface area contributed by atoms with Gasteiger partial charge in [0.1, 0.15) is 0 Å². The molecule has 1 fully saturated rings. The fourth-order valence-corrected chi connectivity index (χ4v) is 3.24. The van der Waals surface area contributed by atoms with Crippen LogP contribution in [0.5, 0.6) is 0 Å². The lowest BCUT2D eigenvalue weighted by Crippen LogP contribution is -2.46. The van der Waals surface area contributed by atoms with Crippen molar-refractivity contribution in [3.8, 4) is 0 Å². The van der Waals surface area contributed by atoms with Crippen LogP contribution in [0.2, 0.25) is 0 Å². The summed E-state index contributed by atoms with van der Waals surface area (Å²) in [6, 6.07) is 8.86. The zero-order valence-corrected chi connectivity index (χ0v) is 12.4. The number of nitrogens with one attached hydrogen (secondary N) is 1. The van der Waals surface area contributed by atoms with E-state index < -0.39 is 0 Å². The minimum Gasteiger partial charge on any atom is -0.307 e. The van der Waals surface area contributed by atoms with E-state index in [0.29, 0.717) is 0 Å². The third-order valence-corrected chi connectivity index (χ3v) is 4.18. The summed E-state index contributed by atoms with van der Waals surface area (Å²) in [5.74, 6) is 0.726. The summed E-state index contributed by atoms with van der Waals surface area (Å²) in [7, 11) is 0. The van der Waals surface area contributed by atoms with Gasteiger partial charge in [-0.25, -0.2) is 0 Å². The molecule has 17 heavy (non-hydrogen) atoms. The molecule has 1 unspecified atom stereocenters. The van der Waals surface area contributed by atoms with E-state index in [9.17, 15) is 0 Å². The molecule has 1 atom stereocenters. The third kappa shape index (κ3) is 3.11. The van der Waals surface area contributed by atoms with Gasteiger partial charge in [0.05, 0.1) is 0 Å². The van der Waals surface area contributed by atoms with Gasteiger partial charge in [-0.3, -0.25) is 0 Å². The number of hydrogen-bond donors (Lipinski definition) is 1. The first-order valence-electron chi connectivity index (χ1n) is 6.63. The Labute approximate surface area is 113 Å². The predicted molar refractivity (Wildman–Crippen MR) is 77.1 cm³/mol. The van der Waals surface area contributed by atoms with E-state index in [2.05, 4.69) is 59.4 Å². The normalized spacial score (nSPS) is 25.2. The van der Waals surface area contributed by atoms with Crippen molar-refractivity contribution in [3.63, 3.8) is 0 Å². The smallest absolute Gasteiger partial charge is 0.0437 e. The first-order valence-corrected chi connectivity index (χ1v) is 7.43. The first-order chi connectivity index (χ1) is 8.12. The Bertz CT molecular complexity index is 350. The zero-order chi connectivity index (χ0) is 12.3. The lowest BCUT2D eigenvalue weighted by atomic mass is 9.77. The number of benzene rings is 1. The molecule has 1 aromatic rings. The number of hydrogen-bond acceptors (Lipinski definition) is 1. The minimum absolute atomic E-state index is 0.215. The molecule has 1 aliphatic heterocycles. The van der Waals surface area contributed by atoms with Crippen molar-refractivity contribution in [1.29, 1.82) is 0 Å². The lowest BCUT2D eigenvalue weighted by molar-refractivity contribution is 0.214. The molecule has 1 saturated heterocycles. The molecule has 0 aromatic heterocycles. The molecule has 0 bridgehead atoms. The number of halogens is 1. The standard InChI is InChI=1S/C15H22BrN/c1-12(2)11-15(9-3-4-10-17-15)13-5-7-14(16)8-6-13/h5-8,12,17H,3-4,9-11H2,1-2H3. The van der Waals surface area contributed by atoms with Crippen LogP contribution in [0.15, 0.2) is 28.7 Å². The van der Waals surface area contributed by atoms with E-state index >= 15 is 0 Å². The summed E-state index contributed by atoms with van der Waals surface area (Å²) in [5, 5.41) is 3.78. The molecule has 1 aliphatic rings. The highest BCUT2D eigenvalue weighted by Gasteiger charge is 2.33. The van der Waals surface area contributed by atoms with Gasteiger partial charge in [0.2, 0.25) is 0 Å². The van der Waals surface area contributed by atoms with Gasteiger partial charge in [0, 0.05) is 10.0 Å². The second-order valence-electron chi connectivity index (χ2n) is 5.57. The Morgan fingerprint density at radius 2 is 1.94 bits per heavy atom. The number of rotatable bonds is 3. The van der Waals surface area contributed by atoms with Crippen LogP contribution in [-0.2, 0) is 5.54 Å². The summed E-state index contributed by atoms with van der Waals surface area (Å²) in [6.45, 7) is 5.79. The van der Waals surface area contributed by atoms with Gasteiger partial charge in [-0.1, -0.05) is 48.3 Å². The van der Waals surface area contributed by atoms with Crippen molar-refractivity contribution in [2.24, 2.45) is 5.92 Å². The van der Waals surface area contributed by atoms with Crippen LogP contribution in [0.25, 0.3) is 0 Å². The SMILES string of the molecule is CC(C)CC1(c2ccc(Br)cc2)CCCCN1. The van der Waals surface area contributed by atoms with Crippen LogP contribution in [0.3, 0.4) is 0 Å². The molecule has 94 valence electrons. The highest BCUT2D eigenvalue weighted by Crippen LogP contribution is 2.36. The zero-order valence-electron chi connectivity index (χ0n) is 10.8. The molecule has 1 N–H and O–H groups in total. The highest BCUT2D eigenvalue weighted by molar-refractivity contribution is 9.10. The molecule has 0 radical (unpaired) electrons. The highest BCUT2D eigenvalue weighted by atomic mass is 79.9. The predicted octanol–water partition coefficient (Wildman–Crippen LogP) is 4.46. The molecule has 0 saturated carbocycles. The second-order valence-corrected chi connectivity index (χ2v) is 6.49. The van der Waals surface area contributed by atoms with Gasteiger partial charge in [-0.15, -0.1) is 0 Å². The molecule has 1 heterocycles. The van der Waals surface area contributed by atoms with Crippen molar-refractivity contribution in [2.75, 3.05) is 6.54 Å². The molecule has 2 heteroatoms. The second kappa shape index (κ2) is 5.53. The third-order valence-electron chi connectivity index (χ3n) is 3.65. The van der Waals surface area contributed by atoms with Crippen LogP contribution in [-0.4, -0.2) is 6.54 Å². The summed E-state index contributed by atoms with van der Waals surface area (Å²) in [5.41, 5.74) is 1.67. The maximum atomic E-state index is 3.78. The van der Waals surface area contributed by atoms with Gasteiger partial charge in [0.15, 0.2) is 0 Å². The van der Waals surface area contributed by atoms with Crippen LogP contribution in [0.4, 0.5) is 0 Å². The summed E-state index contributed by atoms with van der Waals surface area (Å²) in [4.78, 5) is 0. The molecule has 1 aromatic carbocycles. The van der Waals surface area contributed by atoms with Gasteiger partial charge in [-0.05, 0) is 49.4 Å². The van der Waals surface area contributed by atoms with E-state index in [4.69, 9.17) is 0 Å². The summed E-state index contributed by atoms with van der Waals surface area (Å²) in [6.07, 6.45) is 5.16. The summed E-state index contributed by atoms with van der Waals surface area (Å²) < 4.78 is 1.16. The van der Waals surface area contributed by atoms with E-state index in [-0.39, 0.29) is 5.54 Å². The Morgan fingerprint density at radius 1 is 1.24 bits per heavy atom. The molecule has 1 nitrogen and oxygen atoms in total. The van der Waals surface area contributed by atoms with E-state index in [0.717, 1.165) is 16.9 Å². The summed E-state index contributed by atoms with van der Waals surface area (Å²) >= 11 is 3.52. The van der Waals surface area contributed by atoms with Crippen molar-refractivity contribution in [3.05, 3.63) is 34.3 Å². The molecular formula is C15H22BrN. The molecular weight excluding hydrogens is 274 g/mol. The quantitative estimate of drug-likeness (QED) is 0.868. The monoisotopic (exact) mass is 295 g/mol. The van der Waals surface area contributed by atoms with Crippen LogP contribution in [0.1, 0.15) is 45.1 Å². The van der Waals surface area contributed by atoms with E-state index in [1.807, 2.05) is 0 Å². The maximum absolute atomic E-state index is 3.78. The van der Waals surface area contributed by atoms with Gasteiger partial charge >= 0.3 is 0 Å². The fourth-order valence-electron chi connectivity index (χ4n) is 2.97. The van der Waals surface area contributed by atoms with Gasteiger partial charge < -0.3 is 5.32 Å². The topological polar surface area (TPSA) is 12.0 Å². The van der Waals surface area contributed by atoms with Crippen LogP contribution in [0, 0.1) is 5.92 Å². The van der Waals surface area contributed by atoms with E-state index in [1.165, 1.54) is 31.2 Å². The molecule has 2 rings (SSSR count). The van der Waals surface area contributed by atoms with Crippen molar-refractivity contribution < 1.29 is 0 Å². The van der Waals surface area contributed by atoms with Crippen LogP contribution < -0.4 is 5.32 Å². The van der Waals surface area contributed by atoms with Crippen molar-refractivity contribution in [2.45, 2.75) is 45.1 Å². The Hall–Kier alpha value is -0.340. The van der Waals surface area contributed by atoms with E-state index in [1.54, 1.807) is 0 Å². The Balaban J connectivity index is 2.28. The molecule has 0 aliphatic carbocycles. The van der Waals surface area contributed by atoms with Crippen molar-refractivity contribution >= 4 is 15.9 Å². The largest absolute Gasteiger partial charge is 0.307 e. The fraction of sp³-hybridized carbons (Fsp3) is 0.600. The number of piperidine rings is 1. The molecule has 0 amide bonds. The van der Waals surface area contributed by atoms with Crippen LogP contribution >= 0.6 is 15.9 Å². The van der Waals surface area contributed by atoms with Gasteiger partial charge in [0.25, 0.3) is 0 Å². The van der Waals surface area contributed by atoms with Gasteiger partial charge in [-0.2, -0.15) is 0 Å². The average molecular weight is 296 g/mol. The molecule has 0 spiro atoms. The average Bonchev–Trinajstić information content (AvgIpc) is 2.30. The lowest BCUT2D eigenvalue weighted by Gasteiger charge is -2.40. The minimum atomic E-state index is 0.215. The maximum Gasteiger partial charge on any atom is 0.0437 e. The van der Waals surface area contributed by atoms with Crippen molar-refractivity contribution in [1.82, 2.24) is 5.32 Å². The Kier molecular flexibility index (Phi) is 4.26. The first kappa shape index (κ1) is 13.1.